The Morgan fingerprint density at radius 3 is 2.76 bits per heavy atom. The van der Waals surface area contributed by atoms with Crippen LogP contribution in [0.5, 0.6) is 0 Å². The van der Waals surface area contributed by atoms with Crippen molar-refractivity contribution in [3.8, 4) is 6.07 Å². The average molecular weight is 284 g/mol. The van der Waals surface area contributed by atoms with Crippen LogP contribution in [0.15, 0.2) is 47.2 Å². The van der Waals surface area contributed by atoms with Gasteiger partial charge in [0.25, 0.3) is 0 Å². The highest BCUT2D eigenvalue weighted by molar-refractivity contribution is 5.93. The van der Waals surface area contributed by atoms with Gasteiger partial charge in [0.15, 0.2) is 0 Å². The number of ether oxygens (including phenoxy) is 1. The van der Waals surface area contributed by atoms with E-state index >= 15 is 0 Å². The van der Waals surface area contributed by atoms with E-state index in [4.69, 9.17) is 10.5 Å². The summed E-state index contributed by atoms with van der Waals surface area (Å²) < 4.78 is 5.11. The minimum Gasteiger partial charge on any atom is -0.463 e. The van der Waals surface area contributed by atoms with Crippen LogP contribution < -0.4 is 11.1 Å². The Kier molecular flexibility index (Phi) is 4.24. The monoisotopic (exact) mass is 284 g/mol. The third-order valence-corrected chi connectivity index (χ3v) is 3.25. The molecule has 0 amide bonds. The molecule has 0 saturated carbocycles. The van der Waals surface area contributed by atoms with Crippen molar-refractivity contribution in [2.45, 2.75) is 19.8 Å². The predicted octanol–water partition coefficient (Wildman–Crippen LogP) is 1.30. The highest BCUT2D eigenvalue weighted by Crippen LogP contribution is 2.36. The van der Waals surface area contributed by atoms with Crippen molar-refractivity contribution in [3.05, 3.63) is 52.8 Å². The number of hydrogen-bond donors (Lipinski definition) is 2. The Morgan fingerprint density at radius 1 is 1.52 bits per heavy atom. The molecule has 6 nitrogen and oxygen atoms in total. The molecule has 0 aliphatic carbocycles. The maximum absolute atomic E-state index is 12.3. The van der Waals surface area contributed by atoms with Gasteiger partial charge in [0.2, 0.25) is 0 Å². The molecule has 0 bridgehead atoms. The van der Waals surface area contributed by atoms with Crippen molar-refractivity contribution in [2.24, 2.45) is 5.73 Å². The van der Waals surface area contributed by atoms with Crippen molar-refractivity contribution < 1.29 is 9.53 Å². The zero-order valence-electron chi connectivity index (χ0n) is 11.9. The Labute approximate surface area is 122 Å². The topological polar surface area (TPSA) is 101 Å². The first kappa shape index (κ1) is 14.6. The smallest absolute Gasteiger partial charge is 0.336 e. The summed E-state index contributed by atoms with van der Waals surface area (Å²) in [4.78, 5) is 16.2. The molecule has 1 aliphatic rings. The number of carbonyl (C=O) groups excluding carboxylic acids is 1. The van der Waals surface area contributed by atoms with Crippen LogP contribution in [-0.2, 0) is 9.53 Å². The number of rotatable bonds is 3. The Hall–Kier alpha value is -2.81. The van der Waals surface area contributed by atoms with Gasteiger partial charge >= 0.3 is 5.97 Å². The molecule has 3 N–H and O–H groups in total. The minimum atomic E-state index is -0.543. The summed E-state index contributed by atoms with van der Waals surface area (Å²) in [7, 11) is 0. The highest BCUT2D eigenvalue weighted by atomic mass is 16.5. The lowest BCUT2D eigenvalue weighted by atomic mass is 9.82. The quantitative estimate of drug-likeness (QED) is 0.811. The number of carbonyl (C=O) groups is 1. The van der Waals surface area contributed by atoms with Gasteiger partial charge in [-0.1, -0.05) is 0 Å². The van der Waals surface area contributed by atoms with Gasteiger partial charge in [-0.25, -0.2) is 4.79 Å². The van der Waals surface area contributed by atoms with Gasteiger partial charge in [0, 0.05) is 18.1 Å². The summed E-state index contributed by atoms with van der Waals surface area (Å²) in [6, 6.07) is 5.59. The maximum Gasteiger partial charge on any atom is 0.336 e. The number of aromatic nitrogens is 1. The van der Waals surface area contributed by atoms with E-state index in [0.29, 0.717) is 16.8 Å². The van der Waals surface area contributed by atoms with Gasteiger partial charge < -0.3 is 15.8 Å². The van der Waals surface area contributed by atoms with Gasteiger partial charge in [-0.2, -0.15) is 5.26 Å². The maximum atomic E-state index is 12.3. The van der Waals surface area contributed by atoms with Crippen LogP contribution in [0.2, 0.25) is 0 Å². The van der Waals surface area contributed by atoms with Crippen molar-refractivity contribution in [3.63, 3.8) is 0 Å². The Balaban J connectivity index is 2.58. The number of nitrogens with two attached hydrogens (primary N) is 1. The lowest BCUT2D eigenvalue weighted by Crippen LogP contribution is -2.32. The van der Waals surface area contributed by atoms with Crippen molar-refractivity contribution in [1.82, 2.24) is 10.3 Å². The molecule has 1 aromatic rings. The molecule has 21 heavy (non-hydrogen) atoms. The molecule has 2 rings (SSSR count). The molecule has 108 valence electrons. The van der Waals surface area contributed by atoms with Crippen LogP contribution in [0, 0.1) is 11.3 Å². The molecule has 6 heteroatoms. The zero-order chi connectivity index (χ0) is 15.4. The zero-order valence-corrected chi connectivity index (χ0v) is 11.9. The lowest BCUT2D eigenvalue weighted by Gasteiger charge is -2.27. The summed E-state index contributed by atoms with van der Waals surface area (Å²) in [6.45, 7) is 3.74. The lowest BCUT2D eigenvalue weighted by molar-refractivity contribution is -0.138. The van der Waals surface area contributed by atoms with Crippen molar-refractivity contribution in [1.29, 1.82) is 5.26 Å². The molecular formula is C15H16N4O2. The van der Waals surface area contributed by atoms with Gasteiger partial charge in [0.1, 0.15) is 5.82 Å². The van der Waals surface area contributed by atoms with E-state index in [0.717, 1.165) is 5.56 Å². The third kappa shape index (κ3) is 2.72. The van der Waals surface area contributed by atoms with E-state index in [1.165, 1.54) is 0 Å². The Morgan fingerprint density at radius 2 is 2.19 bits per heavy atom. The highest BCUT2D eigenvalue weighted by Gasteiger charge is 2.34. The average Bonchev–Trinajstić information content (AvgIpc) is 2.47. The Bertz CT molecular complexity index is 656. The van der Waals surface area contributed by atoms with Gasteiger partial charge in [-0.15, -0.1) is 0 Å². The fourth-order valence-electron chi connectivity index (χ4n) is 2.35. The first-order valence-electron chi connectivity index (χ1n) is 6.54. The molecule has 0 aromatic carbocycles. The molecule has 0 fully saturated rings. The van der Waals surface area contributed by atoms with Crippen LogP contribution >= 0.6 is 0 Å². The number of pyridine rings is 1. The summed E-state index contributed by atoms with van der Waals surface area (Å²) >= 11 is 0. The summed E-state index contributed by atoms with van der Waals surface area (Å²) in [5.41, 5.74) is 7.95. The van der Waals surface area contributed by atoms with E-state index in [-0.39, 0.29) is 12.4 Å². The van der Waals surface area contributed by atoms with E-state index < -0.39 is 11.9 Å². The van der Waals surface area contributed by atoms with E-state index in [9.17, 15) is 10.1 Å². The molecule has 0 saturated heterocycles. The largest absolute Gasteiger partial charge is 0.463 e. The molecule has 2 heterocycles. The molecule has 0 spiro atoms. The molecule has 0 radical (unpaired) electrons. The van der Waals surface area contributed by atoms with Crippen LogP contribution in [0.25, 0.3) is 0 Å². The first-order chi connectivity index (χ1) is 10.1. The van der Waals surface area contributed by atoms with Crippen molar-refractivity contribution >= 4 is 5.97 Å². The predicted molar refractivity (Wildman–Crippen MR) is 76.3 cm³/mol. The number of nitrogens with one attached hydrogen (secondary N) is 1. The van der Waals surface area contributed by atoms with Crippen LogP contribution in [0.4, 0.5) is 0 Å². The molecule has 1 aliphatic heterocycles. The minimum absolute atomic E-state index is 0.255. The molecule has 1 atom stereocenters. The van der Waals surface area contributed by atoms with Gasteiger partial charge in [-0.3, -0.25) is 4.98 Å². The second-order valence-corrected chi connectivity index (χ2v) is 4.54. The fraction of sp³-hybridized carbons (Fsp3) is 0.267. The first-order valence-corrected chi connectivity index (χ1v) is 6.54. The standard InChI is InChI=1S/C15H16N4O2/c1-3-21-15(20)12-9(2)19-14(17)11(8-16)13(12)10-4-6-18-7-5-10/h4-7,13,19H,3,17H2,1-2H3/t13-/m0/s1. The number of esters is 1. The second-order valence-electron chi connectivity index (χ2n) is 4.54. The normalized spacial score (nSPS) is 18.0. The SMILES string of the molecule is CCOC(=O)C1=C(C)NC(N)=C(C#N)[C@@H]1c1ccncc1. The van der Waals surface area contributed by atoms with E-state index in [1.807, 2.05) is 0 Å². The summed E-state index contributed by atoms with van der Waals surface area (Å²) in [5.74, 6) is -0.743. The summed E-state index contributed by atoms with van der Waals surface area (Å²) in [6.07, 6.45) is 3.22. The number of nitriles is 1. The number of dihydropyridines is 1. The van der Waals surface area contributed by atoms with E-state index in [1.54, 1.807) is 38.4 Å². The number of nitrogens with zero attached hydrogens (tertiary/aromatic N) is 2. The van der Waals surface area contributed by atoms with E-state index in [2.05, 4.69) is 16.4 Å². The van der Waals surface area contributed by atoms with Crippen molar-refractivity contribution in [2.75, 3.05) is 6.61 Å². The van der Waals surface area contributed by atoms with Crippen LogP contribution in [0.3, 0.4) is 0 Å². The molecular weight excluding hydrogens is 268 g/mol. The van der Waals surface area contributed by atoms with Gasteiger partial charge in [0.05, 0.1) is 29.7 Å². The molecule has 1 aromatic heterocycles. The van der Waals surface area contributed by atoms with Crippen LogP contribution in [0.1, 0.15) is 25.3 Å². The third-order valence-electron chi connectivity index (χ3n) is 3.25. The second kappa shape index (κ2) is 6.09. The number of hydrogen-bond acceptors (Lipinski definition) is 6. The molecule has 0 unspecified atom stereocenters. The summed E-state index contributed by atoms with van der Waals surface area (Å²) in [5, 5.41) is 12.3. The number of allylic oxidation sites excluding steroid dienone is 2. The fourth-order valence-corrected chi connectivity index (χ4v) is 2.35. The van der Waals surface area contributed by atoms with Crippen LogP contribution in [-0.4, -0.2) is 17.6 Å². The van der Waals surface area contributed by atoms with Gasteiger partial charge in [-0.05, 0) is 31.5 Å².